The number of anilines is 1. The molecule has 0 bridgehead atoms. The smallest absolute Gasteiger partial charge is 0.274 e. The first-order valence-electron chi connectivity index (χ1n) is 7.87. The first-order valence-corrected chi connectivity index (χ1v) is 8.25. The molecule has 2 heterocycles. The molecule has 0 aliphatic heterocycles. The lowest BCUT2D eigenvalue weighted by atomic mass is 10.1. The number of pyridine rings is 2. The second-order valence-corrected chi connectivity index (χ2v) is 6.39. The number of aromatic amines is 1. The fourth-order valence-electron chi connectivity index (χ4n) is 2.84. The highest BCUT2D eigenvalue weighted by Gasteiger charge is 2.15. The molecule has 7 nitrogen and oxygen atoms in total. The molecule has 3 rings (SSSR count). The van der Waals surface area contributed by atoms with Gasteiger partial charge in [0.15, 0.2) is 0 Å². The summed E-state index contributed by atoms with van der Waals surface area (Å²) in [5.74, 6) is -0.688. The van der Waals surface area contributed by atoms with E-state index in [0.29, 0.717) is 16.1 Å². The number of H-pyrrole nitrogens is 1. The molecular weight excluding hydrogens is 356 g/mol. The maximum atomic E-state index is 12.4. The Morgan fingerprint density at radius 2 is 2.00 bits per heavy atom. The van der Waals surface area contributed by atoms with Gasteiger partial charge in [-0.1, -0.05) is 23.7 Å². The van der Waals surface area contributed by atoms with Crippen molar-refractivity contribution < 1.29 is 4.79 Å². The van der Waals surface area contributed by atoms with Crippen LogP contribution in [0.1, 0.15) is 29.0 Å². The molecule has 0 saturated heterocycles. The van der Waals surface area contributed by atoms with Crippen LogP contribution in [0.4, 0.5) is 5.69 Å². The quantitative estimate of drug-likeness (QED) is 0.651. The molecular formula is C18H17ClN4O3. The van der Waals surface area contributed by atoms with Gasteiger partial charge in [0.25, 0.3) is 17.0 Å². The first kappa shape index (κ1) is 17.8. The summed E-state index contributed by atoms with van der Waals surface area (Å²) in [7, 11) is 1.46. The number of amides is 1. The van der Waals surface area contributed by atoms with Gasteiger partial charge in [-0.2, -0.15) is 0 Å². The van der Waals surface area contributed by atoms with Crippen molar-refractivity contribution in [1.29, 1.82) is 0 Å². The number of nitrogens with one attached hydrogen (secondary N) is 2. The Balaban J connectivity index is 2.00. The third-order valence-corrected chi connectivity index (χ3v) is 4.57. The van der Waals surface area contributed by atoms with Crippen LogP contribution >= 0.6 is 11.6 Å². The number of hydrogen-bond acceptors (Lipinski definition) is 4. The summed E-state index contributed by atoms with van der Waals surface area (Å²) in [6, 6.07) is 9.56. The van der Waals surface area contributed by atoms with Gasteiger partial charge in [-0.15, -0.1) is 0 Å². The number of fused-ring (bicyclic) bond motifs is 1. The van der Waals surface area contributed by atoms with Crippen LogP contribution in [0.2, 0.25) is 5.02 Å². The SMILES string of the molecule is C[C@H](Nc1ccc(C(N)=O)n(C)c1=O)c1cc2cccc(Cl)c2[nH]c1=O. The fraction of sp³-hybridized carbons (Fsp3) is 0.167. The van der Waals surface area contributed by atoms with Gasteiger partial charge in [-0.05, 0) is 31.2 Å². The van der Waals surface area contributed by atoms with Crippen molar-refractivity contribution in [2.75, 3.05) is 5.32 Å². The van der Waals surface area contributed by atoms with Crippen molar-refractivity contribution in [3.05, 3.63) is 73.4 Å². The van der Waals surface area contributed by atoms with Gasteiger partial charge in [0, 0.05) is 18.0 Å². The minimum atomic E-state index is -0.688. The van der Waals surface area contributed by atoms with Crippen molar-refractivity contribution in [3.8, 4) is 0 Å². The summed E-state index contributed by atoms with van der Waals surface area (Å²) < 4.78 is 1.17. The van der Waals surface area contributed by atoms with E-state index < -0.39 is 17.5 Å². The van der Waals surface area contributed by atoms with Crippen molar-refractivity contribution in [2.24, 2.45) is 12.8 Å². The molecule has 0 aliphatic rings. The topological polar surface area (TPSA) is 110 Å². The van der Waals surface area contributed by atoms with Crippen molar-refractivity contribution in [3.63, 3.8) is 0 Å². The third-order valence-electron chi connectivity index (χ3n) is 4.25. The summed E-state index contributed by atoms with van der Waals surface area (Å²) in [4.78, 5) is 38.9. The average molecular weight is 373 g/mol. The Hall–Kier alpha value is -3.06. The van der Waals surface area contributed by atoms with Crippen LogP contribution in [0.25, 0.3) is 10.9 Å². The summed E-state index contributed by atoms with van der Waals surface area (Å²) in [5, 5.41) is 4.27. The summed E-state index contributed by atoms with van der Waals surface area (Å²) in [5.41, 5.74) is 5.92. The van der Waals surface area contributed by atoms with Crippen LogP contribution in [-0.4, -0.2) is 15.5 Å². The predicted molar refractivity (Wildman–Crippen MR) is 102 cm³/mol. The van der Waals surface area contributed by atoms with Gasteiger partial charge >= 0.3 is 0 Å². The largest absolute Gasteiger partial charge is 0.374 e. The van der Waals surface area contributed by atoms with Gasteiger partial charge < -0.3 is 20.6 Å². The van der Waals surface area contributed by atoms with Gasteiger partial charge in [0.05, 0.1) is 16.6 Å². The van der Waals surface area contributed by atoms with Crippen LogP contribution in [-0.2, 0) is 7.05 Å². The Labute approximate surface area is 153 Å². The molecule has 1 amide bonds. The van der Waals surface area contributed by atoms with E-state index >= 15 is 0 Å². The molecule has 2 aromatic heterocycles. The monoisotopic (exact) mass is 372 g/mol. The second-order valence-electron chi connectivity index (χ2n) is 5.98. The second kappa shape index (κ2) is 6.68. The Morgan fingerprint density at radius 3 is 2.69 bits per heavy atom. The van der Waals surface area contributed by atoms with Gasteiger partial charge in [-0.25, -0.2) is 0 Å². The van der Waals surface area contributed by atoms with E-state index in [0.717, 1.165) is 5.39 Å². The lowest BCUT2D eigenvalue weighted by Gasteiger charge is -2.16. The zero-order valence-corrected chi connectivity index (χ0v) is 14.9. The van der Waals surface area contributed by atoms with E-state index in [-0.39, 0.29) is 16.9 Å². The Morgan fingerprint density at radius 1 is 1.27 bits per heavy atom. The molecule has 0 unspecified atom stereocenters. The molecule has 0 spiro atoms. The number of nitrogens with two attached hydrogens (primary N) is 1. The molecule has 1 aromatic carbocycles. The number of hydrogen-bond donors (Lipinski definition) is 3. The summed E-state index contributed by atoms with van der Waals surface area (Å²) in [6.07, 6.45) is 0. The number of primary amides is 1. The Kier molecular flexibility index (Phi) is 4.56. The minimum absolute atomic E-state index is 0.103. The number of rotatable bonds is 4. The highest BCUT2D eigenvalue weighted by atomic mass is 35.5. The highest BCUT2D eigenvalue weighted by molar-refractivity contribution is 6.35. The lowest BCUT2D eigenvalue weighted by Crippen LogP contribution is -2.29. The highest BCUT2D eigenvalue weighted by Crippen LogP contribution is 2.23. The zero-order valence-electron chi connectivity index (χ0n) is 14.2. The zero-order chi connectivity index (χ0) is 19.0. The van der Waals surface area contributed by atoms with E-state index in [9.17, 15) is 14.4 Å². The van der Waals surface area contributed by atoms with E-state index in [2.05, 4.69) is 10.3 Å². The predicted octanol–water partition coefficient (Wildman–Crippen LogP) is 2.15. The summed E-state index contributed by atoms with van der Waals surface area (Å²) in [6.45, 7) is 1.77. The molecule has 0 radical (unpaired) electrons. The molecule has 0 saturated carbocycles. The van der Waals surface area contributed by atoms with Crippen molar-refractivity contribution in [2.45, 2.75) is 13.0 Å². The molecule has 134 valence electrons. The van der Waals surface area contributed by atoms with Crippen molar-refractivity contribution >= 4 is 34.1 Å². The molecule has 4 N–H and O–H groups in total. The van der Waals surface area contributed by atoms with Gasteiger partial charge in [0.1, 0.15) is 11.4 Å². The van der Waals surface area contributed by atoms with E-state index in [1.165, 1.54) is 23.7 Å². The maximum Gasteiger partial charge on any atom is 0.274 e. The van der Waals surface area contributed by atoms with Crippen LogP contribution in [0.15, 0.2) is 46.0 Å². The number of halogens is 1. The molecule has 0 fully saturated rings. The maximum absolute atomic E-state index is 12.4. The number of carbonyl (C=O) groups is 1. The lowest BCUT2D eigenvalue weighted by molar-refractivity contribution is 0.0991. The molecule has 3 aromatic rings. The van der Waals surface area contributed by atoms with E-state index in [4.69, 9.17) is 17.3 Å². The molecule has 8 heteroatoms. The Bertz CT molecular complexity index is 1130. The first-order chi connectivity index (χ1) is 12.3. The van der Waals surface area contributed by atoms with Crippen LogP contribution in [0, 0.1) is 0 Å². The van der Waals surface area contributed by atoms with Crippen LogP contribution in [0.3, 0.4) is 0 Å². The number of para-hydroxylation sites is 1. The number of benzene rings is 1. The molecule has 0 aliphatic carbocycles. The fourth-order valence-corrected chi connectivity index (χ4v) is 3.07. The van der Waals surface area contributed by atoms with Crippen LogP contribution in [0.5, 0.6) is 0 Å². The minimum Gasteiger partial charge on any atom is -0.374 e. The van der Waals surface area contributed by atoms with Crippen molar-refractivity contribution in [1.82, 2.24) is 9.55 Å². The summed E-state index contributed by atoms with van der Waals surface area (Å²) >= 11 is 6.10. The van der Waals surface area contributed by atoms with Gasteiger partial charge in [-0.3, -0.25) is 14.4 Å². The normalized spacial score (nSPS) is 12.1. The number of nitrogens with zero attached hydrogens (tertiary/aromatic N) is 1. The van der Waals surface area contributed by atoms with E-state index in [1.807, 2.05) is 6.07 Å². The van der Waals surface area contributed by atoms with E-state index in [1.54, 1.807) is 25.1 Å². The number of carbonyl (C=O) groups excluding carboxylic acids is 1. The average Bonchev–Trinajstić information content (AvgIpc) is 2.59. The third kappa shape index (κ3) is 3.09. The van der Waals surface area contributed by atoms with Gasteiger partial charge in [0.2, 0.25) is 0 Å². The molecule has 1 atom stereocenters. The standard InChI is InChI=1S/C18H17ClN4O3/c1-9(21-13-6-7-14(16(20)24)23(2)18(13)26)11-8-10-4-3-5-12(19)15(10)22-17(11)25/h3-9,21H,1-2H3,(H2,20,24)(H,22,25)/t9-/m0/s1. The number of aromatic nitrogens is 2. The van der Waals surface area contributed by atoms with Crippen LogP contribution < -0.4 is 22.2 Å². The molecule has 26 heavy (non-hydrogen) atoms.